The zero-order valence-electron chi connectivity index (χ0n) is 16.6. The highest BCUT2D eigenvalue weighted by molar-refractivity contribution is 5.41. The predicted molar refractivity (Wildman–Crippen MR) is 104 cm³/mol. The van der Waals surface area contributed by atoms with Gasteiger partial charge in [0.25, 0.3) is 0 Å². The van der Waals surface area contributed by atoms with E-state index in [-0.39, 0.29) is 3.42 Å². The van der Waals surface area contributed by atoms with Crippen LogP contribution in [0.5, 0.6) is 5.75 Å². The molecule has 0 amide bonds. The van der Waals surface area contributed by atoms with Gasteiger partial charge in [-0.2, -0.15) is 0 Å². The van der Waals surface area contributed by atoms with Gasteiger partial charge in [-0.1, -0.05) is 25.3 Å². The Hall–Kier alpha value is -0.290. The molecule has 149 valence electrons. The molecule has 2 nitrogen and oxygen atoms in total. The first-order valence-corrected chi connectivity index (χ1v) is 12.3. The summed E-state index contributed by atoms with van der Waals surface area (Å²) >= 11 is 2.67. The molecule has 3 saturated carbocycles. The summed E-state index contributed by atoms with van der Waals surface area (Å²) < 4.78 is 6.37. The van der Waals surface area contributed by atoms with E-state index in [9.17, 15) is 5.11 Å². The van der Waals surface area contributed by atoms with Crippen LogP contribution < -0.4 is 27.3 Å². The van der Waals surface area contributed by atoms with Gasteiger partial charge in [0.15, 0.2) is 0 Å². The molecule has 5 rings (SSSR count). The lowest BCUT2D eigenvalue weighted by Crippen LogP contribution is -3.45. The summed E-state index contributed by atoms with van der Waals surface area (Å²) in [6.07, 6.45) is 13.5. The molecule has 3 heteroatoms. The van der Waals surface area contributed by atoms with Crippen LogP contribution in [0.4, 0.5) is 0 Å². The molecule has 0 bridgehead atoms. The fourth-order valence-corrected chi connectivity index (χ4v) is 8.76. The van der Waals surface area contributed by atoms with Gasteiger partial charge in [0, 0.05) is 5.60 Å². The molecule has 4 aliphatic carbocycles. The van der Waals surface area contributed by atoms with E-state index < -0.39 is 5.60 Å². The average Bonchev–Trinajstić information content (AvgIpc) is 3.28. The number of hydrogen-bond acceptors (Lipinski definition) is 2. The zero-order valence-corrected chi connectivity index (χ0v) is 18.7. The van der Waals surface area contributed by atoms with Crippen LogP contribution in [0.25, 0.3) is 0 Å². The Morgan fingerprint density at radius 1 is 1.11 bits per heavy atom. The van der Waals surface area contributed by atoms with Gasteiger partial charge < -0.3 is 32.4 Å². The van der Waals surface area contributed by atoms with Crippen LogP contribution in [-0.2, 0) is 6.42 Å². The van der Waals surface area contributed by atoms with Crippen molar-refractivity contribution in [3.8, 4) is 5.75 Å². The molecule has 0 aromatic heterocycles. The van der Waals surface area contributed by atoms with Gasteiger partial charge >= 0.3 is 0 Å². The van der Waals surface area contributed by atoms with Crippen LogP contribution in [-0.4, -0.2) is 20.2 Å². The van der Waals surface area contributed by atoms with Crippen LogP contribution in [0.2, 0.25) is 0 Å². The summed E-state index contributed by atoms with van der Waals surface area (Å²) in [5.74, 6) is 3.23. The maximum absolute atomic E-state index is 11.3. The van der Waals surface area contributed by atoms with E-state index in [2.05, 4.69) is 47.7 Å². The Morgan fingerprint density at radius 3 is 2.70 bits per heavy atom. The van der Waals surface area contributed by atoms with Gasteiger partial charge in [-0.3, -0.25) is 0 Å². The van der Waals surface area contributed by atoms with Crippen molar-refractivity contribution >= 4 is 0 Å². The van der Waals surface area contributed by atoms with Crippen LogP contribution in [0, 0.1) is 11.8 Å². The number of aryl methyl sites for hydroxylation is 1. The quantitative estimate of drug-likeness (QED) is 0.532. The monoisotopic (exact) mass is 480 g/mol. The Balaban J connectivity index is 1.39. The number of fused-ring (bicyclic) bond motifs is 5. The van der Waals surface area contributed by atoms with Gasteiger partial charge in [-0.25, -0.2) is 0 Å². The fourth-order valence-electron chi connectivity index (χ4n) is 7.02. The Kier molecular flexibility index (Phi) is 4.78. The Morgan fingerprint density at radius 2 is 1.93 bits per heavy atom. The number of hydrogen-bond donors (Lipinski definition) is 1. The summed E-state index contributed by atoms with van der Waals surface area (Å²) in [4.78, 5) is 0. The fraction of sp³-hybridized carbons (Fsp3) is 0.750. The van der Waals surface area contributed by atoms with E-state index in [1.807, 2.05) is 0 Å². The van der Waals surface area contributed by atoms with E-state index in [0.29, 0.717) is 17.9 Å². The number of halogens is 1. The Bertz CT molecular complexity index is 712. The van der Waals surface area contributed by atoms with E-state index in [0.717, 1.165) is 24.5 Å². The maximum atomic E-state index is 11.3. The van der Waals surface area contributed by atoms with Crippen LogP contribution in [0.3, 0.4) is 0 Å². The molecule has 0 saturated heterocycles. The summed E-state index contributed by atoms with van der Waals surface area (Å²) in [6, 6.07) is 6.98. The number of aliphatic hydroxyl groups is 1. The van der Waals surface area contributed by atoms with Crippen LogP contribution in [0.15, 0.2) is 18.2 Å². The number of alkyl halides is 1. The van der Waals surface area contributed by atoms with Gasteiger partial charge in [0.05, 0.1) is 6.10 Å². The molecule has 0 spiro atoms. The smallest absolute Gasteiger partial charge is 0.120 e. The van der Waals surface area contributed by atoms with Crippen molar-refractivity contribution in [3.63, 3.8) is 0 Å². The lowest BCUT2D eigenvalue weighted by molar-refractivity contribution is -0.528. The highest BCUT2D eigenvalue weighted by Gasteiger charge is 2.55. The molecule has 1 aromatic rings. The van der Waals surface area contributed by atoms with Crippen molar-refractivity contribution in [3.05, 3.63) is 29.3 Å². The number of benzene rings is 1. The lowest BCUT2D eigenvalue weighted by Gasteiger charge is -2.60. The molecule has 1 N–H and O–H groups in total. The lowest BCUT2D eigenvalue weighted by atomic mass is 9.59. The Labute approximate surface area is 177 Å². The van der Waals surface area contributed by atoms with Crippen molar-refractivity contribution < 1.29 is 32.4 Å². The van der Waals surface area contributed by atoms with Crippen LogP contribution in [0.1, 0.15) is 88.2 Å². The van der Waals surface area contributed by atoms with Crippen molar-refractivity contribution in [2.45, 2.75) is 98.6 Å². The second-order valence-corrected chi connectivity index (χ2v) is 11.6. The molecule has 0 aliphatic heterocycles. The van der Waals surface area contributed by atoms with Crippen LogP contribution >= 0.6 is 0 Å². The minimum atomic E-state index is -0.442. The highest BCUT2D eigenvalue weighted by Crippen LogP contribution is 2.58. The SMILES string of the molecule is CC[C@]1(O)CCC2C3CCc4cc(OC5CCCC5)ccc4C3CCC21[I-]. The molecule has 27 heavy (non-hydrogen) atoms. The van der Waals surface area contributed by atoms with Gasteiger partial charge in [-0.15, -0.1) is 3.42 Å². The van der Waals surface area contributed by atoms with Crippen molar-refractivity contribution in [1.29, 1.82) is 0 Å². The molecule has 4 aliphatic rings. The van der Waals surface area contributed by atoms with Crippen molar-refractivity contribution in [2.24, 2.45) is 11.8 Å². The second kappa shape index (κ2) is 6.90. The van der Waals surface area contributed by atoms with E-state index in [4.69, 9.17) is 4.74 Å². The largest absolute Gasteiger partial charge is 0.786 e. The third kappa shape index (κ3) is 2.89. The number of rotatable bonds is 3. The molecule has 1 radical (unpaired) electrons. The summed E-state index contributed by atoms with van der Waals surface area (Å²) in [5.41, 5.74) is 2.69. The molecular formula is C24H33IO2-. The molecular weight excluding hydrogens is 447 g/mol. The minimum Gasteiger partial charge on any atom is -0.786 e. The highest BCUT2D eigenvalue weighted by atomic mass is 127. The first-order valence-electron chi connectivity index (χ1n) is 11.2. The first kappa shape index (κ1) is 18.7. The summed E-state index contributed by atoms with van der Waals surface area (Å²) in [7, 11) is 0. The predicted octanol–water partition coefficient (Wildman–Crippen LogP) is 2.29. The van der Waals surface area contributed by atoms with Gasteiger partial charge in [-0.05, 0) is 99.3 Å². The molecule has 4 unspecified atom stereocenters. The van der Waals surface area contributed by atoms with Gasteiger partial charge in [0.1, 0.15) is 5.75 Å². The molecule has 5 atom stereocenters. The third-order valence-electron chi connectivity index (χ3n) is 8.53. The van der Waals surface area contributed by atoms with Gasteiger partial charge in [0.2, 0.25) is 0 Å². The zero-order chi connectivity index (χ0) is 18.6. The number of ether oxygens (including phenoxy) is 1. The van der Waals surface area contributed by atoms with E-state index >= 15 is 0 Å². The average molecular weight is 480 g/mol. The van der Waals surface area contributed by atoms with Crippen molar-refractivity contribution in [1.82, 2.24) is 0 Å². The maximum Gasteiger partial charge on any atom is 0.120 e. The van der Waals surface area contributed by atoms with Crippen molar-refractivity contribution in [2.75, 3.05) is 0 Å². The van der Waals surface area contributed by atoms with E-state index in [1.165, 1.54) is 63.4 Å². The summed E-state index contributed by atoms with van der Waals surface area (Å²) in [5, 5.41) is 11.3. The standard InChI is InChI=1S/C24H33IO2/c1-2-23(26)13-12-22-21-9-7-16-15-18(27-17-5-3-4-6-17)8-10-19(16)20(21)11-14-24(22,23)25/h8,10,15,17,20-22,26H,2-7,9,11-14H2,1H3/q-1/t20?,21?,22?,23-,24?/m0/s1. The first-order chi connectivity index (χ1) is 13.0. The topological polar surface area (TPSA) is 29.5 Å². The third-order valence-corrected chi connectivity index (χ3v) is 10.9. The molecule has 0 heterocycles. The minimum absolute atomic E-state index is 0.101. The molecule has 1 aromatic carbocycles. The van der Waals surface area contributed by atoms with E-state index in [1.54, 1.807) is 5.56 Å². The normalized spacial score (nSPS) is 41.1. The second-order valence-electron chi connectivity index (χ2n) is 9.63. The molecule has 3 fully saturated rings. The summed E-state index contributed by atoms with van der Waals surface area (Å²) in [6.45, 7) is 2.18.